The number of para-hydroxylation sites is 1. The molecule has 0 fully saturated rings. The Bertz CT molecular complexity index is 739. The SMILES string of the molecule is C/C=C\N(CNC1C(C(C)C)=CC=CC1C(C)C)c1c(C(C)C)cccc1C(C)C. The number of benzene rings is 1. The van der Waals surface area contributed by atoms with Gasteiger partial charge in [-0.25, -0.2) is 0 Å². The van der Waals surface area contributed by atoms with Crippen LogP contribution in [0.3, 0.4) is 0 Å². The van der Waals surface area contributed by atoms with E-state index in [1.807, 2.05) is 0 Å². The second-order valence-electron chi connectivity index (χ2n) is 9.91. The predicted molar refractivity (Wildman–Crippen MR) is 134 cm³/mol. The van der Waals surface area contributed by atoms with E-state index in [0.29, 0.717) is 35.6 Å². The zero-order chi connectivity index (χ0) is 22.4. The first-order valence-corrected chi connectivity index (χ1v) is 11.8. The highest BCUT2D eigenvalue weighted by Crippen LogP contribution is 2.36. The fourth-order valence-electron chi connectivity index (χ4n) is 4.57. The van der Waals surface area contributed by atoms with E-state index in [4.69, 9.17) is 0 Å². The van der Waals surface area contributed by atoms with Crippen molar-refractivity contribution in [1.82, 2.24) is 5.32 Å². The van der Waals surface area contributed by atoms with Gasteiger partial charge in [0.15, 0.2) is 0 Å². The molecule has 30 heavy (non-hydrogen) atoms. The molecule has 2 unspecified atom stereocenters. The number of nitrogens with zero attached hydrogens (tertiary/aromatic N) is 1. The fourth-order valence-corrected chi connectivity index (χ4v) is 4.57. The van der Waals surface area contributed by atoms with E-state index in [1.165, 1.54) is 22.4 Å². The maximum atomic E-state index is 3.96. The number of rotatable bonds is 9. The van der Waals surface area contributed by atoms with Crippen LogP contribution in [0, 0.1) is 17.8 Å². The molecule has 0 heterocycles. The Balaban J connectivity index is 2.41. The van der Waals surface area contributed by atoms with Crippen molar-refractivity contribution >= 4 is 5.69 Å². The first-order valence-electron chi connectivity index (χ1n) is 11.8. The van der Waals surface area contributed by atoms with E-state index in [9.17, 15) is 0 Å². The lowest BCUT2D eigenvalue weighted by atomic mass is 9.78. The number of anilines is 1. The van der Waals surface area contributed by atoms with E-state index >= 15 is 0 Å². The van der Waals surface area contributed by atoms with Crippen molar-refractivity contribution in [2.45, 2.75) is 80.2 Å². The summed E-state index contributed by atoms with van der Waals surface area (Å²) in [6.45, 7) is 21.4. The monoisotopic (exact) mass is 408 g/mol. The topological polar surface area (TPSA) is 15.3 Å². The molecule has 2 heteroatoms. The smallest absolute Gasteiger partial charge is 0.0730 e. The van der Waals surface area contributed by atoms with Crippen molar-refractivity contribution in [2.24, 2.45) is 17.8 Å². The van der Waals surface area contributed by atoms with Crippen LogP contribution in [0.15, 0.2) is 54.3 Å². The maximum Gasteiger partial charge on any atom is 0.0730 e. The zero-order valence-corrected chi connectivity index (χ0v) is 20.7. The van der Waals surface area contributed by atoms with Gasteiger partial charge in [0.25, 0.3) is 0 Å². The standard InChI is InChI=1S/C28H44N2/c1-10-17-30(28-25(21(6)7)15-12-16-26(28)22(8)9)18-29-27-23(19(2)3)13-11-14-24(27)20(4)5/h10-17,19-23,27,29H,18H2,1-9H3/b17-10-. The average molecular weight is 409 g/mol. The number of allylic oxidation sites excluding steroid dienone is 3. The summed E-state index contributed by atoms with van der Waals surface area (Å²) in [5.41, 5.74) is 5.72. The van der Waals surface area contributed by atoms with Crippen LogP contribution in [0.2, 0.25) is 0 Å². The van der Waals surface area contributed by atoms with E-state index in [2.05, 4.69) is 121 Å². The van der Waals surface area contributed by atoms with Gasteiger partial charge >= 0.3 is 0 Å². The molecule has 1 aromatic carbocycles. The van der Waals surface area contributed by atoms with Crippen LogP contribution in [-0.4, -0.2) is 12.7 Å². The molecule has 1 aliphatic carbocycles. The van der Waals surface area contributed by atoms with E-state index in [1.54, 1.807) is 0 Å². The quantitative estimate of drug-likeness (QED) is 0.423. The normalized spacial score (nSPS) is 19.6. The van der Waals surface area contributed by atoms with Crippen LogP contribution < -0.4 is 10.2 Å². The van der Waals surface area contributed by atoms with Crippen molar-refractivity contribution in [3.05, 3.63) is 65.4 Å². The van der Waals surface area contributed by atoms with Crippen LogP contribution in [-0.2, 0) is 0 Å². The van der Waals surface area contributed by atoms with Crippen LogP contribution in [0.5, 0.6) is 0 Å². The molecular formula is C28H44N2. The minimum Gasteiger partial charge on any atom is -0.335 e. The molecule has 1 aliphatic rings. The van der Waals surface area contributed by atoms with Gasteiger partial charge in [0.1, 0.15) is 0 Å². The van der Waals surface area contributed by atoms with Crippen molar-refractivity contribution < 1.29 is 0 Å². The van der Waals surface area contributed by atoms with Crippen molar-refractivity contribution in [1.29, 1.82) is 0 Å². The fraction of sp³-hybridized carbons (Fsp3) is 0.571. The molecule has 1 N–H and O–H groups in total. The van der Waals surface area contributed by atoms with Crippen molar-refractivity contribution in [3.63, 3.8) is 0 Å². The third kappa shape index (κ3) is 5.66. The van der Waals surface area contributed by atoms with Gasteiger partial charge < -0.3 is 4.90 Å². The molecule has 0 saturated heterocycles. The third-order valence-electron chi connectivity index (χ3n) is 6.24. The summed E-state index contributed by atoms with van der Waals surface area (Å²) in [4.78, 5) is 2.43. The highest BCUT2D eigenvalue weighted by atomic mass is 15.2. The molecule has 0 radical (unpaired) electrons. The minimum atomic E-state index is 0.372. The molecular weight excluding hydrogens is 364 g/mol. The van der Waals surface area contributed by atoms with E-state index < -0.39 is 0 Å². The second-order valence-corrected chi connectivity index (χ2v) is 9.91. The summed E-state index contributed by atoms with van der Waals surface area (Å²) in [5, 5.41) is 3.96. The van der Waals surface area contributed by atoms with Gasteiger partial charge in [-0.15, -0.1) is 0 Å². The number of hydrogen-bond acceptors (Lipinski definition) is 2. The summed E-state index contributed by atoms with van der Waals surface area (Å²) < 4.78 is 0. The molecule has 1 aromatic rings. The highest BCUT2D eigenvalue weighted by molar-refractivity contribution is 5.63. The highest BCUT2D eigenvalue weighted by Gasteiger charge is 2.29. The molecule has 0 amide bonds. The van der Waals surface area contributed by atoms with E-state index in [-0.39, 0.29) is 0 Å². The lowest BCUT2D eigenvalue weighted by Crippen LogP contribution is -2.46. The first-order chi connectivity index (χ1) is 14.2. The van der Waals surface area contributed by atoms with Gasteiger partial charge in [0.05, 0.1) is 6.67 Å². The lowest BCUT2D eigenvalue weighted by molar-refractivity contribution is 0.347. The Morgan fingerprint density at radius 3 is 2.00 bits per heavy atom. The van der Waals surface area contributed by atoms with Gasteiger partial charge in [0.2, 0.25) is 0 Å². The minimum absolute atomic E-state index is 0.372. The Labute approximate surface area is 186 Å². The molecule has 0 aliphatic heterocycles. The van der Waals surface area contributed by atoms with E-state index in [0.717, 1.165) is 6.67 Å². The Morgan fingerprint density at radius 2 is 1.53 bits per heavy atom. The van der Waals surface area contributed by atoms with Crippen LogP contribution in [0.4, 0.5) is 5.69 Å². The van der Waals surface area contributed by atoms with Gasteiger partial charge in [-0.05, 0) is 47.6 Å². The lowest BCUT2D eigenvalue weighted by Gasteiger charge is -2.37. The molecule has 166 valence electrons. The van der Waals surface area contributed by atoms with Crippen LogP contribution in [0.1, 0.15) is 85.3 Å². The van der Waals surface area contributed by atoms with Gasteiger partial charge in [-0.2, -0.15) is 0 Å². The van der Waals surface area contributed by atoms with Gasteiger partial charge in [0, 0.05) is 17.9 Å². The predicted octanol–water partition coefficient (Wildman–Crippen LogP) is 7.61. The van der Waals surface area contributed by atoms with Gasteiger partial charge in [-0.1, -0.05) is 103 Å². The maximum absolute atomic E-state index is 3.96. The molecule has 2 nitrogen and oxygen atoms in total. The zero-order valence-electron chi connectivity index (χ0n) is 20.7. The summed E-state index contributed by atoms with van der Waals surface area (Å²) in [6.07, 6.45) is 11.4. The average Bonchev–Trinajstić information content (AvgIpc) is 2.69. The number of hydrogen-bond donors (Lipinski definition) is 1. The Morgan fingerprint density at radius 1 is 0.933 bits per heavy atom. The molecule has 2 atom stereocenters. The van der Waals surface area contributed by atoms with Gasteiger partial charge in [-0.3, -0.25) is 5.32 Å². The summed E-state index contributed by atoms with van der Waals surface area (Å²) in [6, 6.07) is 7.18. The third-order valence-corrected chi connectivity index (χ3v) is 6.24. The summed E-state index contributed by atoms with van der Waals surface area (Å²) in [7, 11) is 0. The summed E-state index contributed by atoms with van der Waals surface area (Å²) in [5.74, 6) is 2.63. The molecule has 0 spiro atoms. The molecule has 0 saturated carbocycles. The largest absolute Gasteiger partial charge is 0.335 e. The second kappa shape index (κ2) is 11.0. The Kier molecular flexibility index (Phi) is 8.97. The van der Waals surface area contributed by atoms with Crippen LogP contribution >= 0.6 is 0 Å². The molecule has 0 aromatic heterocycles. The first kappa shape index (κ1) is 24.5. The number of nitrogens with one attached hydrogen (secondary N) is 1. The molecule has 2 rings (SSSR count). The Hall–Kier alpha value is -1.80. The summed E-state index contributed by atoms with van der Waals surface area (Å²) >= 11 is 0. The molecule has 0 bridgehead atoms. The van der Waals surface area contributed by atoms with Crippen molar-refractivity contribution in [2.75, 3.05) is 11.6 Å². The van der Waals surface area contributed by atoms with Crippen molar-refractivity contribution in [3.8, 4) is 0 Å². The van der Waals surface area contributed by atoms with Crippen LogP contribution in [0.25, 0.3) is 0 Å².